The van der Waals surface area contributed by atoms with E-state index in [0.29, 0.717) is 6.61 Å². The lowest BCUT2D eigenvalue weighted by Gasteiger charge is -2.36. The summed E-state index contributed by atoms with van der Waals surface area (Å²) in [5, 5.41) is 0. The van der Waals surface area contributed by atoms with E-state index < -0.39 is 5.60 Å². The molecule has 0 heterocycles. The maximum absolute atomic E-state index is 12.1. The van der Waals surface area contributed by atoms with Gasteiger partial charge < -0.3 is 10.5 Å². The molecule has 0 fully saturated rings. The van der Waals surface area contributed by atoms with Gasteiger partial charge in [-0.25, -0.2) is 0 Å². The normalized spacial score (nSPS) is 12.3. The molecule has 1 unspecified atom stereocenters. The summed E-state index contributed by atoms with van der Waals surface area (Å²) in [5.74, 6) is -0.182. The van der Waals surface area contributed by atoms with E-state index in [1.165, 1.54) is 44.9 Å². The summed E-state index contributed by atoms with van der Waals surface area (Å²) in [4.78, 5) is 12.1. The molecule has 0 saturated heterocycles. The molecule has 0 aliphatic rings. The van der Waals surface area contributed by atoms with E-state index >= 15 is 0 Å². The average molecular weight is 514 g/mol. The molecule has 3 heteroatoms. The molecule has 1 atom stereocenters. The summed E-state index contributed by atoms with van der Waals surface area (Å²) in [6, 6.07) is 31.4. The van der Waals surface area contributed by atoms with Gasteiger partial charge in [0.25, 0.3) is 0 Å². The Morgan fingerprint density at radius 3 is 1.45 bits per heavy atom. The second-order valence-corrected chi connectivity index (χ2v) is 10.5. The average Bonchev–Trinajstić information content (AvgIpc) is 2.96. The molecule has 0 radical (unpaired) electrons. The Balaban J connectivity index is 1.58. The van der Waals surface area contributed by atoms with Crippen molar-refractivity contribution in [2.75, 3.05) is 6.61 Å². The molecule has 0 spiro atoms. The van der Waals surface area contributed by atoms with Gasteiger partial charge in [-0.1, -0.05) is 156 Å². The smallest absolute Gasteiger partial charge is 0.220 e. The van der Waals surface area contributed by atoms with E-state index in [0.717, 1.165) is 48.8 Å². The summed E-state index contributed by atoms with van der Waals surface area (Å²) in [6.07, 6.45) is 13.8. The van der Waals surface area contributed by atoms with Gasteiger partial charge >= 0.3 is 0 Å². The van der Waals surface area contributed by atoms with Crippen LogP contribution < -0.4 is 5.73 Å². The predicted octanol–water partition coefficient (Wildman–Crippen LogP) is 8.80. The molecule has 3 aromatic rings. The van der Waals surface area contributed by atoms with Crippen molar-refractivity contribution in [2.24, 2.45) is 11.7 Å². The standard InChI is InChI=1S/C35H47NO2/c1-2-3-4-5-6-7-8-12-21-30(34(36)37)22-19-20-29-38-35(31-23-13-9-14-24-31,32-25-15-10-16-26-32)33-27-17-11-18-28-33/h9-11,13-18,23-28,30H,2-8,12,19-22,29H2,1H3,(H2,36,37). The zero-order valence-electron chi connectivity index (χ0n) is 23.3. The number of hydrogen-bond acceptors (Lipinski definition) is 2. The number of unbranched alkanes of at least 4 members (excludes halogenated alkanes) is 8. The summed E-state index contributed by atoms with van der Waals surface area (Å²) < 4.78 is 6.87. The zero-order valence-corrected chi connectivity index (χ0v) is 23.3. The largest absolute Gasteiger partial charge is 0.369 e. The highest BCUT2D eigenvalue weighted by atomic mass is 16.5. The quantitative estimate of drug-likeness (QED) is 0.129. The second kappa shape index (κ2) is 16.8. The van der Waals surface area contributed by atoms with Crippen LogP contribution in [-0.4, -0.2) is 12.5 Å². The minimum absolute atomic E-state index is 0.0304. The maximum Gasteiger partial charge on any atom is 0.220 e. The van der Waals surface area contributed by atoms with E-state index in [9.17, 15) is 4.79 Å². The van der Waals surface area contributed by atoms with Crippen LogP contribution in [0.15, 0.2) is 91.0 Å². The van der Waals surface area contributed by atoms with Crippen molar-refractivity contribution in [1.29, 1.82) is 0 Å². The molecule has 0 aliphatic carbocycles. The first kappa shape index (κ1) is 29.6. The van der Waals surface area contributed by atoms with Gasteiger partial charge in [-0.05, 0) is 36.0 Å². The molecular formula is C35H47NO2. The van der Waals surface area contributed by atoms with Gasteiger partial charge in [-0.2, -0.15) is 0 Å². The van der Waals surface area contributed by atoms with Crippen LogP contribution in [-0.2, 0) is 15.1 Å². The van der Waals surface area contributed by atoms with Gasteiger partial charge in [0, 0.05) is 12.5 Å². The lowest BCUT2D eigenvalue weighted by Crippen LogP contribution is -2.33. The van der Waals surface area contributed by atoms with Crippen molar-refractivity contribution in [3.63, 3.8) is 0 Å². The van der Waals surface area contributed by atoms with Crippen LogP contribution in [0, 0.1) is 5.92 Å². The van der Waals surface area contributed by atoms with E-state index in [1.54, 1.807) is 0 Å². The Bertz CT molecular complexity index is 923. The molecule has 0 bridgehead atoms. The first-order chi connectivity index (χ1) is 18.7. The fourth-order valence-electron chi connectivity index (χ4n) is 5.44. The number of benzene rings is 3. The van der Waals surface area contributed by atoms with Crippen molar-refractivity contribution in [1.82, 2.24) is 0 Å². The highest BCUT2D eigenvalue weighted by molar-refractivity contribution is 5.76. The number of ether oxygens (including phenoxy) is 1. The van der Waals surface area contributed by atoms with Crippen LogP contribution in [0.3, 0.4) is 0 Å². The molecule has 0 aromatic heterocycles. The van der Waals surface area contributed by atoms with Gasteiger partial charge in [-0.3, -0.25) is 4.79 Å². The second-order valence-electron chi connectivity index (χ2n) is 10.5. The number of primary amides is 1. The van der Waals surface area contributed by atoms with Crippen LogP contribution >= 0.6 is 0 Å². The fraction of sp³-hybridized carbons (Fsp3) is 0.457. The van der Waals surface area contributed by atoms with Gasteiger partial charge in [0.1, 0.15) is 5.60 Å². The molecular weight excluding hydrogens is 466 g/mol. The maximum atomic E-state index is 12.1. The van der Waals surface area contributed by atoms with Crippen LogP contribution in [0.1, 0.15) is 101 Å². The van der Waals surface area contributed by atoms with E-state index in [2.05, 4.69) is 79.7 Å². The van der Waals surface area contributed by atoms with Crippen LogP contribution in [0.5, 0.6) is 0 Å². The molecule has 3 nitrogen and oxygen atoms in total. The number of amides is 1. The highest BCUT2D eigenvalue weighted by Crippen LogP contribution is 2.40. The first-order valence-electron chi connectivity index (χ1n) is 14.8. The number of carbonyl (C=O) groups is 1. The Hall–Kier alpha value is -2.91. The molecule has 38 heavy (non-hydrogen) atoms. The predicted molar refractivity (Wildman–Crippen MR) is 159 cm³/mol. The molecule has 0 saturated carbocycles. The van der Waals surface area contributed by atoms with Crippen LogP contribution in [0.4, 0.5) is 0 Å². The summed E-state index contributed by atoms with van der Waals surface area (Å²) >= 11 is 0. The van der Waals surface area contributed by atoms with Gasteiger partial charge in [-0.15, -0.1) is 0 Å². The monoisotopic (exact) mass is 513 g/mol. The van der Waals surface area contributed by atoms with Crippen LogP contribution in [0.2, 0.25) is 0 Å². The molecule has 2 N–H and O–H groups in total. The summed E-state index contributed by atoms with van der Waals surface area (Å²) in [7, 11) is 0. The van der Waals surface area contributed by atoms with E-state index in [4.69, 9.17) is 10.5 Å². The fourth-order valence-corrected chi connectivity index (χ4v) is 5.44. The minimum Gasteiger partial charge on any atom is -0.369 e. The Kier molecular flexibility index (Phi) is 13.1. The molecule has 1 amide bonds. The van der Waals surface area contributed by atoms with Crippen molar-refractivity contribution in [2.45, 2.75) is 89.6 Å². The number of carbonyl (C=O) groups excluding carboxylic acids is 1. The third-order valence-electron chi connectivity index (χ3n) is 7.61. The third kappa shape index (κ3) is 8.84. The van der Waals surface area contributed by atoms with Crippen molar-refractivity contribution in [3.8, 4) is 0 Å². The first-order valence-corrected chi connectivity index (χ1v) is 14.8. The van der Waals surface area contributed by atoms with Crippen molar-refractivity contribution in [3.05, 3.63) is 108 Å². The number of rotatable bonds is 19. The molecule has 0 aliphatic heterocycles. The number of hydrogen-bond donors (Lipinski definition) is 1. The summed E-state index contributed by atoms with van der Waals surface area (Å²) in [5.41, 5.74) is 8.42. The van der Waals surface area contributed by atoms with Gasteiger partial charge in [0.05, 0.1) is 0 Å². The van der Waals surface area contributed by atoms with E-state index in [-0.39, 0.29) is 11.8 Å². The Labute approximate surface area is 230 Å². The SMILES string of the molecule is CCCCCCCCCCC(CCCCOC(c1ccccc1)(c1ccccc1)c1ccccc1)C(N)=O. The van der Waals surface area contributed by atoms with Gasteiger partial charge in [0.15, 0.2) is 0 Å². The zero-order chi connectivity index (χ0) is 26.9. The van der Waals surface area contributed by atoms with Crippen molar-refractivity contribution < 1.29 is 9.53 Å². The lowest BCUT2D eigenvalue weighted by atomic mass is 9.80. The highest BCUT2D eigenvalue weighted by Gasteiger charge is 2.37. The van der Waals surface area contributed by atoms with Crippen molar-refractivity contribution >= 4 is 5.91 Å². The summed E-state index contributed by atoms with van der Waals surface area (Å²) in [6.45, 7) is 2.85. The minimum atomic E-state index is -0.690. The lowest BCUT2D eigenvalue weighted by molar-refractivity contribution is -0.122. The topological polar surface area (TPSA) is 52.3 Å². The Morgan fingerprint density at radius 2 is 1.03 bits per heavy atom. The number of nitrogens with two attached hydrogens (primary N) is 1. The van der Waals surface area contributed by atoms with Crippen LogP contribution in [0.25, 0.3) is 0 Å². The van der Waals surface area contributed by atoms with Gasteiger partial charge in [0.2, 0.25) is 5.91 Å². The molecule has 3 rings (SSSR count). The Morgan fingerprint density at radius 1 is 0.632 bits per heavy atom. The molecule has 3 aromatic carbocycles. The third-order valence-corrected chi connectivity index (χ3v) is 7.61. The molecule has 204 valence electrons. The van der Waals surface area contributed by atoms with E-state index in [1.807, 2.05) is 18.2 Å².